The number of aliphatic hydroxyl groups excluding tert-OH is 1. The van der Waals surface area contributed by atoms with Crippen LogP contribution in [0.3, 0.4) is 0 Å². The molecule has 0 bridgehead atoms. The summed E-state index contributed by atoms with van der Waals surface area (Å²) in [6.07, 6.45) is -5.74. The van der Waals surface area contributed by atoms with Crippen LogP contribution in [0.15, 0.2) is 58.8 Å². The predicted molar refractivity (Wildman–Crippen MR) is 93.4 cm³/mol. The number of alkyl halides is 3. The summed E-state index contributed by atoms with van der Waals surface area (Å²) in [5.74, 6) is 0. The Kier molecular flexibility index (Phi) is 5.07. The normalized spacial score (nSPS) is 13.8. The maximum atomic E-state index is 12.6. The fraction of sp³-hybridized carbons (Fsp3) is 0.176. The van der Waals surface area contributed by atoms with E-state index in [0.717, 1.165) is 22.9 Å². The van der Waals surface area contributed by atoms with Crippen molar-refractivity contribution in [2.45, 2.75) is 16.5 Å². The van der Waals surface area contributed by atoms with Crippen LogP contribution in [-0.2, 0) is 16.2 Å². The Morgan fingerprint density at radius 2 is 1.73 bits per heavy atom. The standard InChI is InChI=1S/C17H14F3NO3S2/c18-17(19,20)15-8-9-16(25-15)26(23,24)21-10-14(22)13-7-3-5-11-4-1-2-6-12(11)13/h1-9,14,21-22H,10H2. The van der Waals surface area contributed by atoms with Crippen molar-refractivity contribution in [2.24, 2.45) is 0 Å². The molecule has 1 atom stereocenters. The van der Waals surface area contributed by atoms with Gasteiger partial charge in [0.05, 0.1) is 6.10 Å². The average molecular weight is 401 g/mol. The molecule has 0 radical (unpaired) electrons. The van der Waals surface area contributed by atoms with Crippen molar-refractivity contribution in [3.05, 3.63) is 65.0 Å². The van der Waals surface area contributed by atoms with Gasteiger partial charge in [-0.2, -0.15) is 13.2 Å². The van der Waals surface area contributed by atoms with Crippen molar-refractivity contribution in [1.29, 1.82) is 0 Å². The first kappa shape index (κ1) is 18.8. The van der Waals surface area contributed by atoms with Gasteiger partial charge in [0.15, 0.2) is 0 Å². The second kappa shape index (κ2) is 6.99. The summed E-state index contributed by atoms with van der Waals surface area (Å²) >= 11 is 0.140. The quantitative estimate of drug-likeness (QED) is 0.681. The minimum Gasteiger partial charge on any atom is -0.387 e. The number of nitrogens with one attached hydrogen (secondary N) is 1. The van der Waals surface area contributed by atoms with Gasteiger partial charge >= 0.3 is 6.18 Å². The minimum absolute atomic E-state index is 0.140. The first-order valence-corrected chi connectivity index (χ1v) is 9.81. The van der Waals surface area contributed by atoms with E-state index in [1.54, 1.807) is 24.3 Å². The Balaban J connectivity index is 1.78. The number of benzene rings is 2. The van der Waals surface area contributed by atoms with E-state index in [1.807, 2.05) is 18.2 Å². The second-order valence-electron chi connectivity index (χ2n) is 5.55. The molecule has 0 saturated carbocycles. The topological polar surface area (TPSA) is 66.4 Å². The summed E-state index contributed by atoms with van der Waals surface area (Å²) in [7, 11) is -4.15. The Morgan fingerprint density at radius 1 is 1.04 bits per heavy atom. The number of fused-ring (bicyclic) bond motifs is 1. The zero-order valence-corrected chi connectivity index (χ0v) is 14.8. The zero-order chi connectivity index (χ0) is 18.9. The van der Waals surface area contributed by atoms with Crippen LogP contribution >= 0.6 is 11.3 Å². The van der Waals surface area contributed by atoms with Gasteiger partial charge in [-0.05, 0) is 28.5 Å². The minimum atomic E-state index is -4.60. The molecule has 0 fully saturated rings. The second-order valence-corrected chi connectivity index (χ2v) is 8.63. The number of halogens is 3. The largest absolute Gasteiger partial charge is 0.425 e. The first-order chi connectivity index (χ1) is 12.2. The monoisotopic (exact) mass is 401 g/mol. The Morgan fingerprint density at radius 3 is 2.42 bits per heavy atom. The summed E-state index contributed by atoms with van der Waals surface area (Å²) in [6, 6.07) is 14.2. The molecule has 1 unspecified atom stereocenters. The molecule has 2 N–H and O–H groups in total. The summed E-state index contributed by atoms with van der Waals surface area (Å²) in [6.45, 7) is -0.352. The van der Waals surface area contributed by atoms with E-state index < -0.39 is 31.4 Å². The van der Waals surface area contributed by atoms with E-state index in [9.17, 15) is 26.7 Å². The van der Waals surface area contributed by atoms with E-state index in [2.05, 4.69) is 4.72 Å². The van der Waals surface area contributed by atoms with Gasteiger partial charge in [0, 0.05) is 6.54 Å². The highest BCUT2D eigenvalue weighted by Gasteiger charge is 2.34. The Hall–Kier alpha value is -1.94. The van der Waals surface area contributed by atoms with Gasteiger partial charge in [0.2, 0.25) is 10.0 Å². The molecule has 1 aromatic heterocycles. The molecular weight excluding hydrogens is 387 g/mol. The molecule has 0 aliphatic rings. The first-order valence-electron chi connectivity index (χ1n) is 7.51. The van der Waals surface area contributed by atoms with Gasteiger partial charge < -0.3 is 5.11 Å². The van der Waals surface area contributed by atoms with Crippen LogP contribution in [0.25, 0.3) is 10.8 Å². The summed E-state index contributed by atoms with van der Waals surface area (Å²) in [5.41, 5.74) is 0.535. The van der Waals surface area contributed by atoms with Crippen LogP contribution in [0.4, 0.5) is 13.2 Å². The van der Waals surface area contributed by atoms with Crippen molar-refractivity contribution >= 4 is 32.1 Å². The predicted octanol–water partition coefficient (Wildman–Crippen LogP) is 3.93. The third-order valence-corrected chi connectivity index (χ3v) is 6.82. The molecule has 9 heteroatoms. The van der Waals surface area contributed by atoms with Gasteiger partial charge in [-0.25, -0.2) is 13.1 Å². The van der Waals surface area contributed by atoms with Crippen LogP contribution in [0, 0.1) is 0 Å². The van der Waals surface area contributed by atoms with E-state index >= 15 is 0 Å². The molecule has 3 aromatic rings. The highest BCUT2D eigenvalue weighted by molar-refractivity contribution is 7.91. The molecule has 0 saturated heterocycles. The van der Waals surface area contributed by atoms with Gasteiger partial charge in [-0.1, -0.05) is 42.5 Å². The Labute approximate surface area is 152 Å². The molecular formula is C17H14F3NO3S2. The lowest BCUT2D eigenvalue weighted by Crippen LogP contribution is -2.28. The fourth-order valence-corrected chi connectivity index (χ4v) is 4.78. The summed E-state index contributed by atoms with van der Waals surface area (Å²) in [5, 5.41) is 12.0. The van der Waals surface area contributed by atoms with Crippen LogP contribution in [0.2, 0.25) is 0 Å². The molecule has 2 aromatic carbocycles. The number of hydrogen-bond acceptors (Lipinski definition) is 4. The van der Waals surface area contributed by atoms with Gasteiger partial charge in [-0.15, -0.1) is 11.3 Å². The molecule has 138 valence electrons. The van der Waals surface area contributed by atoms with Crippen molar-refractivity contribution in [3.8, 4) is 0 Å². The van der Waals surface area contributed by atoms with E-state index in [4.69, 9.17) is 0 Å². The highest BCUT2D eigenvalue weighted by Crippen LogP contribution is 2.36. The molecule has 0 spiro atoms. The number of hydrogen-bond donors (Lipinski definition) is 2. The zero-order valence-electron chi connectivity index (χ0n) is 13.2. The van der Waals surface area contributed by atoms with Crippen LogP contribution in [0.1, 0.15) is 16.5 Å². The van der Waals surface area contributed by atoms with Crippen molar-refractivity contribution in [2.75, 3.05) is 6.54 Å². The van der Waals surface area contributed by atoms with Crippen LogP contribution < -0.4 is 4.72 Å². The molecule has 4 nitrogen and oxygen atoms in total. The fourth-order valence-electron chi connectivity index (χ4n) is 2.53. The smallest absolute Gasteiger partial charge is 0.387 e. The maximum absolute atomic E-state index is 12.6. The summed E-state index contributed by atoms with van der Waals surface area (Å²) in [4.78, 5) is -0.993. The van der Waals surface area contributed by atoms with E-state index in [0.29, 0.717) is 5.56 Å². The van der Waals surface area contributed by atoms with E-state index in [1.165, 1.54) is 0 Å². The third kappa shape index (κ3) is 3.90. The van der Waals surface area contributed by atoms with Gasteiger partial charge in [-0.3, -0.25) is 0 Å². The van der Waals surface area contributed by atoms with Crippen molar-refractivity contribution < 1.29 is 26.7 Å². The van der Waals surface area contributed by atoms with Crippen LogP contribution in [-0.4, -0.2) is 20.1 Å². The Bertz CT molecular complexity index is 1020. The average Bonchev–Trinajstić information content (AvgIpc) is 3.11. The lowest BCUT2D eigenvalue weighted by molar-refractivity contribution is -0.134. The third-order valence-electron chi connectivity index (χ3n) is 3.77. The lowest BCUT2D eigenvalue weighted by Gasteiger charge is -2.14. The molecule has 0 aliphatic heterocycles. The van der Waals surface area contributed by atoms with Gasteiger partial charge in [0.1, 0.15) is 9.09 Å². The molecule has 0 amide bonds. The number of aliphatic hydroxyl groups is 1. The molecule has 3 rings (SSSR count). The number of rotatable bonds is 5. The lowest BCUT2D eigenvalue weighted by atomic mass is 10.0. The SMILES string of the molecule is O=S(=O)(NCC(O)c1cccc2ccccc12)c1ccc(C(F)(F)F)s1. The maximum Gasteiger partial charge on any atom is 0.425 e. The van der Waals surface area contributed by atoms with Gasteiger partial charge in [0.25, 0.3) is 0 Å². The van der Waals surface area contributed by atoms with Crippen molar-refractivity contribution in [1.82, 2.24) is 4.72 Å². The molecule has 1 heterocycles. The van der Waals surface area contributed by atoms with Crippen LogP contribution in [0.5, 0.6) is 0 Å². The summed E-state index contributed by atoms with van der Waals surface area (Å²) < 4.78 is 64.0. The number of thiophene rings is 1. The number of sulfonamides is 1. The molecule has 26 heavy (non-hydrogen) atoms. The van der Waals surface area contributed by atoms with E-state index in [-0.39, 0.29) is 17.9 Å². The highest BCUT2D eigenvalue weighted by atomic mass is 32.2. The van der Waals surface area contributed by atoms with Crippen molar-refractivity contribution in [3.63, 3.8) is 0 Å². The molecule has 0 aliphatic carbocycles.